The maximum absolute atomic E-state index is 5.98. The normalized spacial score (nSPS) is 17.1. The fraction of sp³-hybridized carbons (Fsp3) is 0.346. The molecule has 0 bridgehead atoms. The molecule has 156 valence electrons. The van der Waals surface area contributed by atoms with Crippen LogP contribution in [0, 0.1) is 0 Å². The Morgan fingerprint density at radius 1 is 0.967 bits per heavy atom. The highest BCUT2D eigenvalue weighted by molar-refractivity contribution is 6.30. The molecule has 0 saturated carbocycles. The summed E-state index contributed by atoms with van der Waals surface area (Å²) in [5.41, 5.74) is 5.09. The number of ether oxygens (including phenoxy) is 1. The van der Waals surface area contributed by atoms with E-state index in [0.29, 0.717) is 5.92 Å². The van der Waals surface area contributed by atoms with E-state index in [9.17, 15) is 0 Å². The van der Waals surface area contributed by atoms with E-state index in [2.05, 4.69) is 41.3 Å². The highest BCUT2D eigenvalue weighted by Gasteiger charge is 2.22. The Hall–Kier alpha value is -2.36. The number of hydrogen-bond donors (Lipinski definition) is 0. The van der Waals surface area contributed by atoms with E-state index in [1.807, 2.05) is 30.5 Å². The summed E-state index contributed by atoms with van der Waals surface area (Å²) < 4.78 is 5.25. The monoisotopic (exact) mass is 420 g/mol. The maximum atomic E-state index is 5.98. The summed E-state index contributed by atoms with van der Waals surface area (Å²) >= 11 is 5.98. The number of rotatable bonds is 7. The Balaban J connectivity index is 1.31. The van der Waals surface area contributed by atoms with Gasteiger partial charge in [-0.15, -0.1) is 0 Å². The van der Waals surface area contributed by atoms with E-state index in [1.165, 1.54) is 41.8 Å². The molecule has 1 saturated heterocycles. The molecule has 3 aromatic rings. The van der Waals surface area contributed by atoms with Gasteiger partial charge in [0.15, 0.2) is 0 Å². The standard InChI is InChI=1S/C26H29ClN2O/c1-30-25-11-6-20(7-12-25)14-16-29-15-2-3-23(19-29)26-13-8-22(18-28-26)17-21-4-9-24(27)10-5-21/h4-13,18,23H,2-3,14-17,19H2,1H3/t23-/m0/s1. The SMILES string of the molecule is COc1ccc(CCN2CCC[C@H](c3ccc(Cc4ccc(Cl)cc4)cn3)C2)cc1. The minimum Gasteiger partial charge on any atom is -0.497 e. The van der Waals surface area contributed by atoms with Gasteiger partial charge in [-0.25, -0.2) is 0 Å². The van der Waals surface area contributed by atoms with Crippen molar-refractivity contribution in [2.75, 3.05) is 26.7 Å². The zero-order chi connectivity index (χ0) is 20.8. The summed E-state index contributed by atoms with van der Waals surface area (Å²) in [7, 11) is 1.71. The van der Waals surface area contributed by atoms with Gasteiger partial charge in [0.1, 0.15) is 5.75 Å². The number of aromatic nitrogens is 1. The van der Waals surface area contributed by atoms with Crippen LogP contribution in [-0.4, -0.2) is 36.6 Å². The van der Waals surface area contributed by atoms with Gasteiger partial charge in [-0.3, -0.25) is 4.98 Å². The van der Waals surface area contributed by atoms with Crippen LogP contribution in [0.5, 0.6) is 5.75 Å². The summed E-state index contributed by atoms with van der Waals surface area (Å²) in [6.45, 7) is 3.37. The predicted molar refractivity (Wildman–Crippen MR) is 124 cm³/mol. The van der Waals surface area contributed by atoms with Crippen LogP contribution in [0.1, 0.15) is 41.1 Å². The van der Waals surface area contributed by atoms with Gasteiger partial charge in [0.2, 0.25) is 0 Å². The fourth-order valence-corrected chi connectivity index (χ4v) is 4.33. The Morgan fingerprint density at radius 2 is 1.70 bits per heavy atom. The van der Waals surface area contributed by atoms with E-state index >= 15 is 0 Å². The van der Waals surface area contributed by atoms with Crippen molar-refractivity contribution in [3.63, 3.8) is 0 Å². The Bertz CT molecular complexity index is 923. The van der Waals surface area contributed by atoms with E-state index in [0.717, 1.165) is 36.7 Å². The van der Waals surface area contributed by atoms with Crippen LogP contribution in [-0.2, 0) is 12.8 Å². The average molecular weight is 421 g/mol. The molecule has 3 nitrogen and oxygen atoms in total. The molecule has 4 heteroatoms. The second-order valence-corrected chi connectivity index (χ2v) is 8.57. The minimum atomic E-state index is 0.527. The number of likely N-dealkylation sites (tertiary alicyclic amines) is 1. The van der Waals surface area contributed by atoms with E-state index in [1.54, 1.807) is 7.11 Å². The fourth-order valence-electron chi connectivity index (χ4n) is 4.20. The number of methoxy groups -OCH3 is 1. The lowest BCUT2D eigenvalue weighted by Gasteiger charge is -2.32. The van der Waals surface area contributed by atoms with E-state index in [-0.39, 0.29) is 0 Å². The molecule has 2 aromatic carbocycles. The van der Waals surface area contributed by atoms with Crippen LogP contribution in [0.2, 0.25) is 5.02 Å². The van der Waals surface area contributed by atoms with Crippen molar-refractivity contribution in [1.29, 1.82) is 0 Å². The predicted octanol–water partition coefficient (Wildman–Crippen LogP) is 5.76. The quantitative estimate of drug-likeness (QED) is 0.486. The van der Waals surface area contributed by atoms with Crippen molar-refractivity contribution < 1.29 is 4.74 Å². The molecule has 4 rings (SSSR count). The first kappa shape index (κ1) is 20.9. The molecular weight excluding hydrogens is 392 g/mol. The lowest BCUT2D eigenvalue weighted by Crippen LogP contribution is -2.36. The summed E-state index contributed by atoms with van der Waals surface area (Å²) in [6, 6.07) is 20.9. The molecule has 0 amide bonds. The molecule has 0 spiro atoms. The summed E-state index contributed by atoms with van der Waals surface area (Å²) in [4.78, 5) is 7.41. The number of halogens is 1. The smallest absolute Gasteiger partial charge is 0.118 e. The summed E-state index contributed by atoms with van der Waals surface area (Å²) in [5.74, 6) is 1.45. The molecule has 0 aliphatic carbocycles. The van der Waals surface area contributed by atoms with Crippen molar-refractivity contribution >= 4 is 11.6 Å². The molecule has 1 aromatic heterocycles. The first-order valence-corrected chi connectivity index (χ1v) is 11.1. The lowest BCUT2D eigenvalue weighted by atomic mass is 9.93. The zero-order valence-corrected chi connectivity index (χ0v) is 18.3. The van der Waals surface area contributed by atoms with Gasteiger partial charge in [0, 0.05) is 35.9 Å². The van der Waals surface area contributed by atoms with Gasteiger partial charge < -0.3 is 9.64 Å². The number of nitrogens with zero attached hydrogens (tertiary/aromatic N) is 2. The molecule has 1 fully saturated rings. The second-order valence-electron chi connectivity index (χ2n) is 8.13. The highest BCUT2D eigenvalue weighted by atomic mass is 35.5. The van der Waals surface area contributed by atoms with E-state index in [4.69, 9.17) is 21.3 Å². The number of pyridine rings is 1. The third kappa shape index (κ3) is 5.62. The van der Waals surface area contributed by atoms with Gasteiger partial charge in [-0.1, -0.05) is 41.9 Å². The Labute approximate surface area is 184 Å². The number of hydrogen-bond acceptors (Lipinski definition) is 3. The van der Waals surface area contributed by atoms with Gasteiger partial charge >= 0.3 is 0 Å². The number of benzene rings is 2. The van der Waals surface area contributed by atoms with E-state index < -0.39 is 0 Å². The van der Waals surface area contributed by atoms with Crippen LogP contribution >= 0.6 is 11.6 Å². The second kappa shape index (κ2) is 10.1. The van der Waals surface area contributed by atoms with Crippen molar-refractivity contribution in [1.82, 2.24) is 9.88 Å². The molecule has 1 aliphatic heterocycles. The van der Waals surface area contributed by atoms with Crippen molar-refractivity contribution in [2.45, 2.75) is 31.6 Å². The molecule has 30 heavy (non-hydrogen) atoms. The summed E-state index contributed by atoms with van der Waals surface area (Å²) in [5, 5.41) is 0.779. The van der Waals surface area contributed by atoms with Crippen molar-refractivity contribution in [2.24, 2.45) is 0 Å². The summed E-state index contributed by atoms with van der Waals surface area (Å²) in [6.07, 6.45) is 6.47. The van der Waals surface area contributed by atoms with Crippen LogP contribution in [0.25, 0.3) is 0 Å². The third-order valence-corrected chi connectivity index (χ3v) is 6.22. The molecular formula is C26H29ClN2O. The molecule has 0 radical (unpaired) electrons. The average Bonchev–Trinajstić information content (AvgIpc) is 2.80. The Kier molecular flexibility index (Phi) is 7.03. The lowest BCUT2D eigenvalue weighted by molar-refractivity contribution is 0.208. The molecule has 2 heterocycles. The molecule has 0 N–H and O–H groups in total. The first-order valence-electron chi connectivity index (χ1n) is 10.7. The van der Waals surface area contributed by atoms with Crippen LogP contribution < -0.4 is 4.74 Å². The van der Waals surface area contributed by atoms with Crippen molar-refractivity contribution in [3.05, 3.63) is 94.3 Å². The third-order valence-electron chi connectivity index (χ3n) is 5.97. The Morgan fingerprint density at radius 3 is 2.40 bits per heavy atom. The van der Waals surface area contributed by atoms with Crippen molar-refractivity contribution in [3.8, 4) is 5.75 Å². The molecule has 1 aliphatic rings. The highest BCUT2D eigenvalue weighted by Crippen LogP contribution is 2.26. The van der Waals surface area contributed by atoms with Gasteiger partial charge in [-0.2, -0.15) is 0 Å². The molecule has 1 atom stereocenters. The number of piperidine rings is 1. The zero-order valence-electron chi connectivity index (χ0n) is 17.6. The molecule has 0 unspecified atom stereocenters. The largest absolute Gasteiger partial charge is 0.497 e. The maximum Gasteiger partial charge on any atom is 0.118 e. The topological polar surface area (TPSA) is 25.4 Å². The minimum absolute atomic E-state index is 0.527. The van der Waals surface area contributed by atoms with Crippen LogP contribution in [0.3, 0.4) is 0 Å². The van der Waals surface area contributed by atoms with Crippen LogP contribution in [0.15, 0.2) is 66.9 Å². The van der Waals surface area contributed by atoms with Gasteiger partial charge in [-0.05, 0) is 79.3 Å². The van der Waals surface area contributed by atoms with Gasteiger partial charge in [0.05, 0.1) is 7.11 Å². The van der Waals surface area contributed by atoms with Gasteiger partial charge in [0.25, 0.3) is 0 Å². The first-order chi connectivity index (χ1) is 14.7. The van der Waals surface area contributed by atoms with Crippen LogP contribution in [0.4, 0.5) is 0 Å².